The Morgan fingerprint density at radius 3 is 2.62 bits per heavy atom. The number of rotatable bonds is 7. The van der Waals surface area contributed by atoms with Gasteiger partial charge < -0.3 is 10.1 Å². The minimum Gasteiger partial charge on any atom is -0.480 e. The normalized spacial score (nSPS) is 10.6. The summed E-state index contributed by atoms with van der Waals surface area (Å²) in [6.07, 6.45) is 2.05. The molecular weight excluding hydrogens is 366 g/mol. The Balaban J connectivity index is 1.60. The lowest BCUT2D eigenvalue weighted by molar-refractivity contribution is -0.115. The fourth-order valence-corrected chi connectivity index (χ4v) is 2.88. The van der Waals surface area contributed by atoms with Crippen LogP contribution >= 0.6 is 0 Å². The maximum Gasteiger partial charge on any atom is 0.231 e. The molecule has 0 saturated heterocycles. The van der Waals surface area contributed by atoms with Crippen LogP contribution < -0.4 is 10.1 Å². The molecule has 0 spiro atoms. The van der Waals surface area contributed by atoms with Crippen LogP contribution in [0.1, 0.15) is 42.1 Å². The van der Waals surface area contributed by atoms with Gasteiger partial charge in [0.2, 0.25) is 11.8 Å². The first-order valence-electron chi connectivity index (χ1n) is 9.34. The number of hydrogen-bond donors (Lipinski definition) is 1. The third-order valence-electron chi connectivity index (χ3n) is 4.47. The summed E-state index contributed by atoms with van der Waals surface area (Å²) in [5.74, 6) is 1.11. The first kappa shape index (κ1) is 20.1. The number of carbonyl (C=O) groups is 1. The summed E-state index contributed by atoms with van der Waals surface area (Å²) < 4.78 is 6.80. The monoisotopic (exact) mass is 389 g/mol. The molecule has 3 rings (SSSR count). The lowest BCUT2D eigenvalue weighted by Gasteiger charge is -2.07. The molecule has 0 aliphatic heterocycles. The number of amides is 1. The molecule has 0 bridgehead atoms. The fraction of sp³-hybridized carbons (Fsp3) is 0.273. The molecule has 1 N–H and O–H groups in total. The van der Waals surface area contributed by atoms with E-state index in [2.05, 4.69) is 41.4 Å². The smallest absolute Gasteiger partial charge is 0.231 e. The number of nitrogens with zero attached hydrogens (tertiary/aromatic N) is 4. The number of aromatic nitrogens is 3. The molecule has 2 heterocycles. The number of nitrogens with one attached hydrogen (secondary N) is 1. The van der Waals surface area contributed by atoms with Crippen LogP contribution in [-0.4, -0.2) is 27.8 Å². The summed E-state index contributed by atoms with van der Waals surface area (Å²) in [7, 11) is 1.48. The second kappa shape index (κ2) is 9.02. The molecule has 0 aliphatic carbocycles. The van der Waals surface area contributed by atoms with Gasteiger partial charge in [0.25, 0.3) is 0 Å². The highest BCUT2D eigenvalue weighted by atomic mass is 16.5. The van der Waals surface area contributed by atoms with Crippen LogP contribution in [0.15, 0.2) is 48.7 Å². The Morgan fingerprint density at radius 1 is 1.21 bits per heavy atom. The molecule has 29 heavy (non-hydrogen) atoms. The highest BCUT2D eigenvalue weighted by molar-refractivity contribution is 5.91. The van der Waals surface area contributed by atoms with Crippen LogP contribution in [0.4, 0.5) is 5.82 Å². The van der Waals surface area contributed by atoms with Gasteiger partial charge in [0.15, 0.2) is 5.82 Å². The van der Waals surface area contributed by atoms with Crippen LogP contribution in [0, 0.1) is 11.3 Å². The number of anilines is 1. The molecule has 0 radical (unpaired) electrons. The van der Waals surface area contributed by atoms with E-state index in [4.69, 9.17) is 10.00 Å². The third kappa shape index (κ3) is 5.20. The predicted octanol–water partition coefficient (Wildman–Crippen LogP) is 3.51. The summed E-state index contributed by atoms with van der Waals surface area (Å²) in [4.78, 5) is 16.6. The first-order chi connectivity index (χ1) is 14.0. The van der Waals surface area contributed by atoms with Crippen molar-refractivity contribution in [2.24, 2.45) is 0 Å². The van der Waals surface area contributed by atoms with Crippen LogP contribution in [0.3, 0.4) is 0 Å². The van der Waals surface area contributed by atoms with E-state index in [1.54, 1.807) is 29.1 Å². The number of nitriles is 1. The molecule has 1 aromatic carbocycles. The number of hydrogen-bond acceptors (Lipinski definition) is 5. The quantitative estimate of drug-likeness (QED) is 0.667. The van der Waals surface area contributed by atoms with E-state index in [1.165, 1.54) is 12.7 Å². The molecule has 1 amide bonds. The predicted molar refractivity (Wildman–Crippen MR) is 110 cm³/mol. The summed E-state index contributed by atoms with van der Waals surface area (Å²) in [5, 5.41) is 16.2. The number of pyridine rings is 1. The van der Waals surface area contributed by atoms with E-state index in [0.717, 1.165) is 5.56 Å². The second-order valence-electron chi connectivity index (χ2n) is 6.99. The topological polar surface area (TPSA) is 92.8 Å². The third-order valence-corrected chi connectivity index (χ3v) is 4.47. The van der Waals surface area contributed by atoms with Crippen LogP contribution in [-0.2, 0) is 17.8 Å². The van der Waals surface area contributed by atoms with Gasteiger partial charge >= 0.3 is 0 Å². The zero-order valence-corrected chi connectivity index (χ0v) is 16.7. The lowest BCUT2D eigenvalue weighted by atomic mass is 10.0. The van der Waals surface area contributed by atoms with E-state index in [1.807, 2.05) is 18.2 Å². The molecule has 3 aromatic rings. The largest absolute Gasteiger partial charge is 0.480 e. The Kier molecular flexibility index (Phi) is 6.25. The van der Waals surface area contributed by atoms with Crippen molar-refractivity contribution < 1.29 is 9.53 Å². The Morgan fingerprint density at radius 2 is 1.97 bits per heavy atom. The number of benzene rings is 1. The maximum absolute atomic E-state index is 12.3. The summed E-state index contributed by atoms with van der Waals surface area (Å²) >= 11 is 0. The van der Waals surface area contributed by atoms with Gasteiger partial charge in [0.05, 0.1) is 25.8 Å². The standard InChI is InChI=1S/C22H23N5O2/c1-15(2)17-6-4-16(5-7-17)12-21(28)25-20-10-11-27(26-20)14-19-9-8-18(13-23)22(24-19)29-3/h4-11,15H,12,14H2,1-3H3,(H,25,26,28). The molecular formula is C22H23N5O2. The molecule has 148 valence electrons. The van der Waals surface area contributed by atoms with E-state index >= 15 is 0 Å². The second-order valence-corrected chi connectivity index (χ2v) is 6.99. The highest BCUT2D eigenvalue weighted by Gasteiger charge is 2.09. The zero-order chi connectivity index (χ0) is 20.8. The summed E-state index contributed by atoms with van der Waals surface area (Å²) in [5.41, 5.74) is 3.29. The Labute approximate surface area is 170 Å². The molecule has 2 aromatic heterocycles. The van der Waals surface area contributed by atoms with E-state index in [-0.39, 0.29) is 11.8 Å². The average molecular weight is 389 g/mol. The minimum absolute atomic E-state index is 0.120. The van der Waals surface area contributed by atoms with Crippen LogP contribution in [0.2, 0.25) is 0 Å². The van der Waals surface area contributed by atoms with Gasteiger partial charge in [-0.25, -0.2) is 4.98 Å². The van der Waals surface area contributed by atoms with Gasteiger partial charge in [-0.15, -0.1) is 0 Å². The van der Waals surface area contributed by atoms with Gasteiger partial charge in [-0.05, 0) is 29.2 Å². The Bertz CT molecular complexity index is 1030. The van der Waals surface area contributed by atoms with Crippen molar-refractivity contribution in [3.05, 3.63) is 71.0 Å². The van der Waals surface area contributed by atoms with Gasteiger partial charge in [-0.1, -0.05) is 38.1 Å². The van der Waals surface area contributed by atoms with Crippen molar-refractivity contribution in [1.29, 1.82) is 5.26 Å². The zero-order valence-electron chi connectivity index (χ0n) is 16.7. The van der Waals surface area contributed by atoms with Crippen molar-refractivity contribution in [1.82, 2.24) is 14.8 Å². The molecule has 7 nitrogen and oxygen atoms in total. The lowest BCUT2D eigenvalue weighted by Crippen LogP contribution is -2.15. The summed E-state index contributed by atoms with van der Waals surface area (Å²) in [6, 6.07) is 15.3. The van der Waals surface area contributed by atoms with E-state index in [0.29, 0.717) is 36.0 Å². The van der Waals surface area contributed by atoms with Gasteiger partial charge in [-0.3, -0.25) is 9.48 Å². The molecule has 7 heteroatoms. The van der Waals surface area contributed by atoms with Gasteiger partial charge in [0, 0.05) is 12.3 Å². The van der Waals surface area contributed by atoms with Crippen LogP contribution in [0.25, 0.3) is 0 Å². The minimum atomic E-state index is -0.120. The molecule has 0 fully saturated rings. The van der Waals surface area contributed by atoms with Crippen molar-refractivity contribution >= 4 is 11.7 Å². The van der Waals surface area contributed by atoms with Gasteiger partial charge in [0.1, 0.15) is 11.6 Å². The van der Waals surface area contributed by atoms with Crippen molar-refractivity contribution in [2.45, 2.75) is 32.7 Å². The van der Waals surface area contributed by atoms with Crippen molar-refractivity contribution in [2.75, 3.05) is 12.4 Å². The maximum atomic E-state index is 12.3. The Hall–Kier alpha value is -3.66. The van der Waals surface area contributed by atoms with E-state index < -0.39 is 0 Å². The highest BCUT2D eigenvalue weighted by Crippen LogP contribution is 2.16. The van der Waals surface area contributed by atoms with Gasteiger partial charge in [-0.2, -0.15) is 10.4 Å². The molecule has 0 saturated carbocycles. The number of methoxy groups -OCH3 is 1. The molecule has 0 aliphatic rings. The first-order valence-corrected chi connectivity index (χ1v) is 9.34. The number of carbonyl (C=O) groups excluding carboxylic acids is 1. The van der Waals surface area contributed by atoms with Crippen molar-refractivity contribution in [3.63, 3.8) is 0 Å². The van der Waals surface area contributed by atoms with Crippen LogP contribution in [0.5, 0.6) is 5.88 Å². The fourth-order valence-electron chi connectivity index (χ4n) is 2.88. The average Bonchev–Trinajstić information content (AvgIpc) is 3.14. The summed E-state index contributed by atoms with van der Waals surface area (Å²) in [6.45, 7) is 4.68. The molecule has 0 unspecified atom stereocenters. The van der Waals surface area contributed by atoms with Crippen molar-refractivity contribution in [3.8, 4) is 11.9 Å². The SMILES string of the molecule is COc1nc(Cn2ccc(NC(=O)Cc3ccc(C(C)C)cc3)n2)ccc1C#N. The molecule has 0 atom stereocenters. The van der Waals surface area contributed by atoms with E-state index in [9.17, 15) is 4.79 Å². The number of ether oxygens (including phenoxy) is 1.